The Labute approximate surface area is 251 Å². The molecular formula is C39H19N3O2. The molecule has 2 heterocycles. The van der Waals surface area contributed by atoms with Gasteiger partial charge < -0.3 is 8.83 Å². The molecule has 6 aromatic carbocycles. The smallest absolute Gasteiger partial charge is 0.136 e. The topological polar surface area (TPSA) is 97.7 Å². The van der Waals surface area contributed by atoms with Crippen LogP contribution in [-0.4, -0.2) is 0 Å². The first-order chi connectivity index (χ1) is 21.6. The second-order valence-electron chi connectivity index (χ2n) is 10.7. The Morgan fingerprint density at radius 3 is 1.32 bits per heavy atom. The SMILES string of the molecule is N#Cc1cc(C#N)c(-c2cc(-c3ccc4c(c3)oc3ccccc34)cc(-c3ccc4c(c3)oc3ccccc34)c2)c(C#N)c1. The third-order valence-corrected chi connectivity index (χ3v) is 8.15. The molecule has 5 heteroatoms. The quantitative estimate of drug-likeness (QED) is 0.214. The normalized spacial score (nSPS) is 11.1. The number of para-hydroxylation sites is 2. The van der Waals surface area contributed by atoms with Crippen molar-refractivity contribution in [1.29, 1.82) is 15.8 Å². The van der Waals surface area contributed by atoms with Crippen LogP contribution in [0.4, 0.5) is 0 Å². The number of furan rings is 2. The molecule has 8 rings (SSSR count). The molecule has 0 atom stereocenters. The molecule has 0 N–H and O–H groups in total. The minimum atomic E-state index is 0.268. The Hall–Kier alpha value is -6.61. The molecule has 0 spiro atoms. The van der Waals surface area contributed by atoms with Crippen LogP contribution in [0.3, 0.4) is 0 Å². The molecule has 5 nitrogen and oxygen atoms in total. The van der Waals surface area contributed by atoms with E-state index in [1.54, 1.807) is 0 Å². The van der Waals surface area contributed by atoms with E-state index >= 15 is 0 Å². The maximum absolute atomic E-state index is 10.1. The minimum Gasteiger partial charge on any atom is -0.456 e. The largest absolute Gasteiger partial charge is 0.456 e. The number of hydrogen-bond donors (Lipinski definition) is 0. The van der Waals surface area contributed by atoms with Crippen molar-refractivity contribution in [2.45, 2.75) is 0 Å². The van der Waals surface area contributed by atoms with Gasteiger partial charge in [-0.25, -0.2) is 0 Å². The zero-order valence-electron chi connectivity index (χ0n) is 23.1. The number of rotatable bonds is 3. The van der Waals surface area contributed by atoms with Crippen LogP contribution < -0.4 is 0 Å². The van der Waals surface area contributed by atoms with Gasteiger partial charge in [-0.2, -0.15) is 15.8 Å². The predicted octanol–water partition coefficient (Wildman–Crippen LogP) is 10.1. The Balaban J connectivity index is 1.38. The first-order valence-corrected chi connectivity index (χ1v) is 14.0. The van der Waals surface area contributed by atoms with E-state index in [0.29, 0.717) is 11.1 Å². The first-order valence-electron chi connectivity index (χ1n) is 14.0. The van der Waals surface area contributed by atoms with Gasteiger partial charge in [0.1, 0.15) is 22.3 Å². The zero-order valence-corrected chi connectivity index (χ0v) is 23.1. The number of nitrogens with zero attached hydrogens (tertiary/aromatic N) is 3. The molecule has 0 aliphatic carbocycles. The maximum atomic E-state index is 10.1. The van der Waals surface area contributed by atoms with Gasteiger partial charge in [0.15, 0.2) is 0 Å². The molecule has 0 radical (unpaired) electrons. The van der Waals surface area contributed by atoms with Gasteiger partial charge in [-0.1, -0.05) is 48.5 Å². The lowest BCUT2D eigenvalue weighted by molar-refractivity contribution is 0.668. The second-order valence-corrected chi connectivity index (χ2v) is 10.7. The summed E-state index contributed by atoms with van der Waals surface area (Å²) >= 11 is 0. The van der Waals surface area contributed by atoms with Gasteiger partial charge >= 0.3 is 0 Å². The summed E-state index contributed by atoms with van der Waals surface area (Å²) < 4.78 is 12.4. The van der Waals surface area contributed by atoms with Gasteiger partial charge in [0.25, 0.3) is 0 Å². The second kappa shape index (κ2) is 9.74. The molecule has 0 aliphatic rings. The van der Waals surface area contributed by atoms with E-state index in [1.807, 2.05) is 72.8 Å². The summed E-state index contributed by atoms with van der Waals surface area (Å²) in [6.45, 7) is 0. The number of hydrogen-bond acceptors (Lipinski definition) is 5. The van der Waals surface area contributed by atoms with Crippen molar-refractivity contribution < 1.29 is 8.83 Å². The molecule has 8 aromatic rings. The predicted molar refractivity (Wildman–Crippen MR) is 171 cm³/mol. The summed E-state index contributed by atoms with van der Waals surface area (Å²) in [4.78, 5) is 0. The monoisotopic (exact) mass is 561 g/mol. The van der Waals surface area contributed by atoms with Crippen molar-refractivity contribution in [3.05, 3.63) is 132 Å². The van der Waals surface area contributed by atoms with Crippen molar-refractivity contribution in [2.75, 3.05) is 0 Å². The van der Waals surface area contributed by atoms with Crippen molar-refractivity contribution in [3.63, 3.8) is 0 Å². The highest BCUT2D eigenvalue weighted by molar-refractivity contribution is 6.07. The van der Waals surface area contributed by atoms with E-state index in [-0.39, 0.29) is 16.7 Å². The van der Waals surface area contributed by atoms with Crippen LogP contribution in [0.2, 0.25) is 0 Å². The van der Waals surface area contributed by atoms with Crippen LogP contribution in [-0.2, 0) is 0 Å². The molecule has 2 aromatic heterocycles. The first kappa shape index (κ1) is 25.1. The molecule has 202 valence electrons. The van der Waals surface area contributed by atoms with E-state index in [0.717, 1.165) is 66.1 Å². The lowest BCUT2D eigenvalue weighted by Crippen LogP contribution is -1.94. The summed E-state index contributed by atoms with van der Waals surface area (Å²) in [6.07, 6.45) is 0. The summed E-state index contributed by atoms with van der Waals surface area (Å²) in [5.74, 6) is 0. The standard InChI is InChI=1S/C39H19N3O2/c40-20-23-13-29(21-41)39(30(14-23)22-42)28-16-26(24-9-11-33-31-5-1-3-7-35(31)43-37(33)18-24)15-27(17-28)25-10-12-34-32-6-2-4-8-36(32)44-38(34)19-25/h1-19H. The fourth-order valence-electron chi connectivity index (χ4n) is 6.11. The highest BCUT2D eigenvalue weighted by atomic mass is 16.3. The summed E-state index contributed by atoms with van der Waals surface area (Å²) in [5, 5.41) is 33.8. The lowest BCUT2D eigenvalue weighted by Gasteiger charge is -2.14. The van der Waals surface area contributed by atoms with E-state index < -0.39 is 0 Å². The van der Waals surface area contributed by atoms with E-state index in [2.05, 4.69) is 48.5 Å². The molecule has 0 aliphatic heterocycles. The zero-order chi connectivity index (χ0) is 29.8. The molecule has 0 saturated carbocycles. The van der Waals surface area contributed by atoms with Crippen LogP contribution in [0.5, 0.6) is 0 Å². The van der Waals surface area contributed by atoms with Crippen LogP contribution in [0.25, 0.3) is 77.3 Å². The summed E-state index contributed by atoms with van der Waals surface area (Å²) in [5.41, 5.74) is 8.81. The van der Waals surface area contributed by atoms with Gasteiger partial charge in [-0.15, -0.1) is 0 Å². The van der Waals surface area contributed by atoms with Gasteiger partial charge in [0, 0.05) is 27.1 Å². The molecule has 0 amide bonds. The molecule has 0 fully saturated rings. The van der Waals surface area contributed by atoms with Crippen LogP contribution in [0.1, 0.15) is 16.7 Å². The lowest BCUT2D eigenvalue weighted by atomic mass is 9.88. The van der Waals surface area contributed by atoms with Crippen LogP contribution in [0, 0.1) is 34.0 Å². The minimum absolute atomic E-state index is 0.268. The van der Waals surface area contributed by atoms with E-state index in [4.69, 9.17) is 8.83 Å². The van der Waals surface area contributed by atoms with Crippen molar-refractivity contribution in [3.8, 4) is 51.6 Å². The highest BCUT2D eigenvalue weighted by Gasteiger charge is 2.17. The van der Waals surface area contributed by atoms with Gasteiger partial charge in [0.05, 0.1) is 34.9 Å². The third kappa shape index (κ3) is 3.92. The Bertz CT molecular complexity index is 2430. The van der Waals surface area contributed by atoms with Crippen LogP contribution >= 0.6 is 0 Å². The van der Waals surface area contributed by atoms with Crippen LogP contribution in [0.15, 0.2) is 124 Å². The summed E-state index contributed by atoms with van der Waals surface area (Å²) in [7, 11) is 0. The molecular weight excluding hydrogens is 542 g/mol. The molecule has 44 heavy (non-hydrogen) atoms. The Morgan fingerprint density at radius 1 is 0.386 bits per heavy atom. The van der Waals surface area contributed by atoms with Gasteiger partial charge in [0.2, 0.25) is 0 Å². The Kier molecular flexibility index (Phi) is 5.56. The number of benzene rings is 6. The maximum Gasteiger partial charge on any atom is 0.136 e. The van der Waals surface area contributed by atoms with Crippen molar-refractivity contribution >= 4 is 43.9 Å². The van der Waals surface area contributed by atoms with Gasteiger partial charge in [-0.05, 0) is 94.5 Å². The van der Waals surface area contributed by atoms with Crippen molar-refractivity contribution in [1.82, 2.24) is 0 Å². The number of nitriles is 3. The molecule has 0 saturated heterocycles. The van der Waals surface area contributed by atoms with E-state index in [9.17, 15) is 15.8 Å². The van der Waals surface area contributed by atoms with Gasteiger partial charge in [-0.3, -0.25) is 0 Å². The fourth-order valence-corrected chi connectivity index (χ4v) is 6.11. The molecule has 0 bridgehead atoms. The fraction of sp³-hybridized carbons (Fsp3) is 0. The highest BCUT2D eigenvalue weighted by Crippen LogP contribution is 2.39. The molecule has 0 unspecified atom stereocenters. The summed E-state index contributed by atoms with van der Waals surface area (Å²) in [6, 6.07) is 43.8. The third-order valence-electron chi connectivity index (χ3n) is 8.15. The van der Waals surface area contributed by atoms with E-state index in [1.165, 1.54) is 12.1 Å². The van der Waals surface area contributed by atoms with Crippen molar-refractivity contribution in [2.24, 2.45) is 0 Å². The number of fused-ring (bicyclic) bond motifs is 6. The Morgan fingerprint density at radius 2 is 0.841 bits per heavy atom. The average Bonchev–Trinajstić information content (AvgIpc) is 3.64. The average molecular weight is 562 g/mol.